The Morgan fingerprint density at radius 3 is 2.61 bits per heavy atom. The van der Waals surface area contributed by atoms with Crippen LogP contribution in [0.1, 0.15) is 31.9 Å². The average molecular weight is 248 g/mol. The SMILES string of the molecule is CCCCCc1noc(N)c1-c1ccc(F)cc1. The minimum absolute atomic E-state index is 0.263. The quantitative estimate of drug-likeness (QED) is 0.819. The highest BCUT2D eigenvalue weighted by molar-refractivity contribution is 5.74. The Morgan fingerprint density at radius 2 is 1.94 bits per heavy atom. The summed E-state index contributed by atoms with van der Waals surface area (Å²) in [4.78, 5) is 0. The van der Waals surface area contributed by atoms with Crippen molar-refractivity contribution in [1.29, 1.82) is 0 Å². The van der Waals surface area contributed by atoms with E-state index in [2.05, 4.69) is 12.1 Å². The van der Waals surface area contributed by atoms with Crippen LogP contribution in [-0.2, 0) is 6.42 Å². The maximum Gasteiger partial charge on any atom is 0.230 e. The number of halogens is 1. The Morgan fingerprint density at radius 1 is 1.22 bits per heavy atom. The number of aryl methyl sites for hydroxylation is 1. The number of nitrogens with zero attached hydrogens (tertiary/aromatic N) is 1. The molecular formula is C14H17FN2O. The van der Waals surface area contributed by atoms with Gasteiger partial charge in [-0.3, -0.25) is 0 Å². The number of nitrogen functional groups attached to an aromatic ring is 1. The first-order valence-corrected chi connectivity index (χ1v) is 6.22. The van der Waals surface area contributed by atoms with Gasteiger partial charge >= 0.3 is 0 Å². The molecule has 0 unspecified atom stereocenters. The second-order valence-electron chi connectivity index (χ2n) is 4.33. The van der Waals surface area contributed by atoms with Gasteiger partial charge in [-0.2, -0.15) is 0 Å². The molecule has 0 aliphatic rings. The standard InChI is InChI=1S/C14H17FN2O/c1-2-3-4-5-12-13(14(16)18-17-12)10-6-8-11(15)9-7-10/h6-9H,2-5,16H2,1H3. The largest absolute Gasteiger partial charge is 0.367 e. The van der Waals surface area contributed by atoms with E-state index in [9.17, 15) is 4.39 Å². The van der Waals surface area contributed by atoms with Crippen LogP contribution in [0.2, 0.25) is 0 Å². The van der Waals surface area contributed by atoms with Crippen LogP contribution in [0.5, 0.6) is 0 Å². The molecule has 1 heterocycles. The Labute approximate surface area is 106 Å². The molecule has 96 valence electrons. The van der Waals surface area contributed by atoms with E-state index in [1.165, 1.54) is 12.1 Å². The van der Waals surface area contributed by atoms with Gasteiger partial charge in [-0.15, -0.1) is 0 Å². The molecule has 3 nitrogen and oxygen atoms in total. The summed E-state index contributed by atoms with van der Waals surface area (Å²) in [5, 5.41) is 3.99. The summed E-state index contributed by atoms with van der Waals surface area (Å²) < 4.78 is 18.0. The number of aromatic nitrogens is 1. The number of anilines is 1. The van der Waals surface area contributed by atoms with Gasteiger partial charge in [0.1, 0.15) is 5.82 Å². The van der Waals surface area contributed by atoms with Crippen molar-refractivity contribution in [2.75, 3.05) is 5.73 Å². The van der Waals surface area contributed by atoms with Gasteiger partial charge in [-0.25, -0.2) is 4.39 Å². The molecule has 2 N–H and O–H groups in total. The smallest absolute Gasteiger partial charge is 0.230 e. The fourth-order valence-corrected chi connectivity index (χ4v) is 1.98. The van der Waals surface area contributed by atoms with E-state index in [0.717, 1.165) is 42.5 Å². The molecule has 2 aromatic rings. The van der Waals surface area contributed by atoms with Gasteiger partial charge in [-0.1, -0.05) is 37.1 Å². The number of hydrogen-bond donors (Lipinski definition) is 1. The van der Waals surface area contributed by atoms with Gasteiger partial charge < -0.3 is 10.3 Å². The third-order valence-electron chi connectivity index (χ3n) is 2.94. The maximum absolute atomic E-state index is 12.9. The molecule has 0 spiro atoms. The zero-order valence-corrected chi connectivity index (χ0v) is 10.4. The Balaban J connectivity index is 2.25. The summed E-state index contributed by atoms with van der Waals surface area (Å²) in [6.45, 7) is 2.15. The number of unbranched alkanes of at least 4 members (excludes halogenated alkanes) is 2. The predicted molar refractivity (Wildman–Crippen MR) is 69.5 cm³/mol. The normalized spacial score (nSPS) is 10.8. The molecule has 0 aliphatic carbocycles. The number of hydrogen-bond acceptors (Lipinski definition) is 3. The number of benzene rings is 1. The Hall–Kier alpha value is -1.84. The van der Waals surface area contributed by atoms with Gasteiger partial charge in [-0.05, 0) is 30.5 Å². The van der Waals surface area contributed by atoms with Gasteiger partial charge in [0, 0.05) is 0 Å². The Kier molecular flexibility index (Phi) is 3.97. The van der Waals surface area contributed by atoms with Crippen molar-refractivity contribution in [3.8, 4) is 11.1 Å². The van der Waals surface area contributed by atoms with Crippen molar-refractivity contribution in [1.82, 2.24) is 5.16 Å². The summed E-state index contributed by atoms with van der Waals surface area (Å²) in [7, 11) is 0. The van der Waals surface area contributed by atoms with Crippen molar-refractivity contribution in [3.63, 3.8) is 0 Å². The molecule has 0 saturated heterocycles. The maximum atomic E-state index is 12.9. The fraction of sp³-hybridized carbons (Fsp3) is 0.357. The van der Waals surface area contributed by atoms with Crippen molar-refractivity contribution in [2.24, 2.45) is 0 Å². The van der Waals surface area contributed by atoms with Crippen LogP contribution in [-0.4, -0.2) is 5.16 Å². The highest BCUT2D eigenvalue weighted by Gasteiger charge is 2.15. The summed E-state index contributed by atoms with van der Waals surface area (Å²) in [6, 6.07) is 6.22. The van der Waals surface area contributed by atoms with Crippen LogP contribution >= 0.6 is 0 Å². The third-order valence-corrected chi connectivity index (χ3v) is 2.94. The molecule has 0 amide bonds. The topological polar surface area (TPSA) is 52.0 Å². The summed E-state index contributed by atoms with van der Waals surface area (Å²) in [5.41, 5.74) is 8.29. The first kappa shape index (κ1) is 12.6. The molecule has 0 bridgehead atoms. The van der Waals surface area contributed by atoms with E-state index in [1.807, 2.05) is 0 Å². The van der Waals surface area contributed by atoms with E-state index < -0.39 is 0 Å². The van der Waals surface area contributed by atoms with Crippen LogP contribution in [0, 0.1) is 5.82 Å². The second-order valence-corrected chi connectivity index (χ2v) is 4.33. The van der Waals surface area contributed by atoms with Crippen LogP contribution in [0.25, 0.3) is 11.1 Å². The number of rotatable bonds is 5. The lowest BCUT2D eigenvalue weighted by atomic mass is 10.0. The van der Waals surface area contributed by atoms with Gasteiger partial charge in [0.2, 0.25) is 5.88 Å². The first-order chi connectivity index (χ1) is 8.72. The molecule has 0 fully saturated rings. The minimum Gasteiger partial charge on any atom is -0.367 e. The van der Waals surface area contributed by atoms with Crippen LogP contribution in [0.3, 0.4) is 0 Å². The molecule has 0 saturated carbocycles. The van der Waals surface area contributed by atoms with Crippen LogP contribution in [0.15, 0.2) is 28.8 Å². The summed E-state index contributed by atoms with van der Waals surface area (Å²) in [5.74, 6) is 0.0365. The monoisotopic (exact) mass is 248 g/mol. The van der Waals surface area contributed by atoms with Crippen molar-refractivity contribution >= 4 is 5.88 Å². The van der Waals surface area contributed by atoms with Crippen molar-refractivity contribution in [3.05, 3.63) is 35.8 Å². The van der Waals surface area contributed by atoms with Crippen LogP contribution < -0.4 is 5.73 Å². The highest BCUT2D eigenvalue weighted by Crippen LogP contribution is 2.30. The predicted octanol–water partition coefficient (Wildman–Crippen LogP) is 3.80. The van der Waals surface area contributed by atoms with E-state index in [0.29, 0.717) is 5.88 Å². The summed E-state index contributed by atoms with van der Waals surface area (Å²) in [6.07, 6.45) is 4.19. The fourth-order valence-electron chi connectivity index (χ4n) is 1.98. The number of nitrogens with two attached hydrogens (primary N) is 1. The first-order valence-electron chi connectivity index (χ1n) is 6.22. The zero-order chi connectivity index (χ0) is 13.0. The zero-order valence-electron chi connectivity index (χ0n) is 10.4. The van der Waals surface area contributed by atoms with Crippen LogP contribution in [0.4, 0.5) is 10.3 Å². The molecule has 0 atom stereocenters. The molecule has 2 rings (SSSR count). The lowest BCUT2D eigenvalue weighted by Gasteiger charge is -2.02. The second kappa shape index (κ2) is 5.67. The van der Waals surface area contributed by atoms with Gasteiger partial charge in [0.05, 0.1) is 11.3 Å². The van der Waals surface area contributed by atoms with E-state index in [1.54, 1.807) is 12.1 Å². The molecule has 1 aromatic heterocycles. The Bertz CT molecular complexity index is 505. The molecule has 18 heavy (non-hydrogen) atoms. The van der Waals surface area contributed by atoms with E-state index in [4.69, 9.17) is 10.3 Å². The van der Waals surface area contributed by atoms with Crippen molar-refractivity contribution in [2.45, 2.75) is 32.6 Å². The van der Waals surface area contributed by atoms with E-state index in [-0.39, 0.29) is 5.82 Å². The van der Waals surface area contributed by atoms with E-state index >= 15 is 0 Å². The lowest BCUT2D eigenvalue weighted by molar-refractivity contribution is 0.426. The molecule has 0 radical (unpaired) electrons. The third kappa shape index (κ3) is 2.70. The minimum atomic E-state index is -0.263. The highest BCUT2D eigenvalue weighted by atomic mass is 19.1. The van der Waals surface area contributed by atoms with Crippen molar-refractivity contribution < 1.29 is 8.91 Å². The molecule has 1 aromatic carbocycles. The summed E-state index contributed by atoms with van der Waals surface area (Å²) >= 11 is 0. The molecule has 4 heteroatoms. The van der Waals surface area contributed by atoms with Gasteiger partial charge in [0.25, 0.3) is 0 Å². The molecular weight excluding hydrogens is 231 g/mol. The molecule has 0 aliphatic heterocycles. The van der Waals surface area contributed by atoms with Gasteiger partial charge in [0.15, 0.2) is 0 Å². The average Bonchev–Trinajstić information content (AvgIpc) is 2.72. The lowest BCUT2D eigenvalue weighted by Crippen LogP contribution is -1.92.